The molecule has 1 aliphatic carbocycles. The van der Waals surface area contributed by atoms with Crippen molar-refractivity contribution < 1.29 is 9.90 Å². The van der Waals surface area contributed by atoms with E-state index >= 15 is 0 Å². The van der Waals surface area contributed by atoms with E-state index < -0.39 is 0 Å². The van der Waals surface area contributed by atoms with Gasteiger partial charge in [-0.25, -0.2) is 4.98 Å². The van der Waals surface area contributed by atoms with E-state index in [4.69, 9.17) is 11.6 Å². The number of aromatic nitrogens is 2. The molecule has 4 rings (SSSR count). The number of benzene rings is 1. The molecule has 6 heteroatoms. The van der Waals surface area contributed by atoms with E-state index in [-0.39, 0.29) is 17.9 Å². The standard InChI is InChI=1S/C22H24ClN3O2/c23-17-8-6-7-16(13-17)20-25-19(18-9-2-5-12-26(18)20)21(28)24-14-22(15-27)10-3-1-4-11-22/h2,5-9,12-13,27H,1,3-4,10-11,14-15H2,(H,24,28). The minimum atomic E-state index is -0.213. The number of pyridine rings is 1. The van der Waals surface area contributed by atoms with Gasteiger partial charge in [-0.1, -0.05) is 49.1 Å². The van der Waals surface area contributed by atoms with Gasteiger partial charge in [-0.3, -0.25) is 9.20 Å². The van der Waals surface area contributed by atoms with Gasteiger partial charge >= 0.3 is 0 Å². The Hall–Kier alpha value is -2.37. The molecule has 2 N–H and O–H groups in total. The van der Waals surface area contributed by atoms with Crippen molar-refractivity contribution >= 4 is 23.0 Å². The van der Waals surface area contributed by atoms with Crippen molar-refractivity contribution in [3.63, 3.8) is 0 Å². The van der Waals surface area contributed by atoms with Crippen LogP contribution >= 0.6 is 11.6 Å². The van der Waals surface area contributed by atoms with Gasteiger partial charge in [-0.15, -0.1) is 0 Å². The van der Waals surface area contributed by atoms with Crippen LogP contribution in [0.5, 0.6) is 0 Å². The molecular formula is C22H24ClN3O2. The zero-order valence-electron chi connectivity index (χ0n) is 15.7. The van der Waals surface area contributed by atoms with Crippen molar-refractivity contribution in [1.29, 1.82) is 0 Å². The van der Waals surface area contributed by atoms with Crippen molar-refractivity contribution in [3.05, 3.63) is 59.4 Å². The van der Waals surface area contributed by atoms with E-state index in [1.807, 2.05) is 53.1 Å². The summed E-state index contributed by atoms with van der Waals surface area (Å²) in [5, 5.41) is 13.5. The smallest absolute Gasteiger partial charge is 0.272 e. The molecule has 0 radical (unpaired) electrons. The highest BCUT2D eigenvalue weighted by molar-refractivity contribution is 6.30. The van der Waals surface area contributed by atoms with Crippen LogP contribution in [0.25, 0.3) is 16.9 Å². The largest absolute Gasteiger partial charge is 0.396 e. The fourth-order valence-corrected chi connectivity index (χ4v) is 4.27. The SMILES string of the molecule is O=C(NCC1(CO)CCCCC1)c1nc(-c2cccc(Cl)c2)n2ccccc12. The van der Waals surface area contributed by atoms with Crippen molar-refractivity contribution in [3.8, 4) is 11.4 Å². The minimum Gasteiger partial charge on any atom is -0.396 e. The van der Waals surface area contributed by atoms with Crippen LogP contribution in [0.2, 0.25) is 5.02 Å². The molecule has 5 nitrogen and oxygen atoms in total. The van der Waals surface area contributed by atoms with Gasteiger partial charge in [0, 0.05) is 28.7 Å². The van der Waals surface area contributed by atoms with Crippen molar-refractivity contribution in [1.82, 2.24) is 14.7 Å². The summed E-state index contributed by atoms with van der Waals surface area (Å²) in [6, 6.07) is 13.1. The molecule has 0 saturated heterocycles. The number of carbonyl (C=O) groups excluding carboxylic acids is 1. The van der Waals surface area contributed by atoms with Crippen LogP contribution in [0.3, 0.4) is 0 Å². The molecule has 3 aromatic rings. The van der Waals surface area contributed by atoms with Crippen molar-refractivity contribution in [2.45, 2.75) is 32.1 Å². The van der Waals surface area contributed by atoms with Gasteiger partial charge in [0.15, 0.2) is 5.69 Å². The molecule has 0 bridgehead atoms. The maximum absolute atomic E-state index is 13.0. The Labute approximate surface area is 169 Å². The fraction of sp³-hybridized carbons (Fsp3) is 0.364. The number of amides is 1. The van der Waals surface area contributed by atoms with E-state index in [9.17, 15) is 9.90 Å². The predicted octanol–water partition coefficient (Wildman–Crippen LogP) is 4.33. The van der Waals surface area contributed by atoms with Gasteiger partial charge in [0.25, 0.3) is 5.91 Å². The summed E-state index contributed by atoms with van der Waals surface area (Å²) in [5.41, 5.74) is 1.78. The number of carbonyl (C=O) groups is 1. The third-order valence-corrected chi connectivity index (χ3v) is 5.95. The number of imidazole rings is 1. The molecular weight excluding hydrogens is 374 g/mol. The fourth-order valence-electron chi connectivity index (χ4n) is 4.08. The van der Waals surface area contributed by atoms with Gasteiger partial charge < -0.3 is 10.4 Å². The molecule has 0 atom stereocenters. The van der Waals surface area contributed by atoms with Crippen LogP contribution in [0.1, 0.15) is 42.6 Å². The lowest BCUT2D eigenvalue weighted by Gasteiger charge is -2.35. The Balaban J connectivity index is 1.64. The quantitative estimate of drug-likeness (QED) is 0.673. The topological polar surface area (TPSA) is 66.6 Å². The first-order valence-corrected chi connectivity index (χ1v) is 10.1. The van der Waals surface area contributed by atoms with Crippen LogP contribution in [0, 0.1) is 5.41 Å². The van der Waals surface area contributed by atoms with Crippen LogP contribution in [-0.2, 0) is 0 Å². The molecule has 2 aromatic heterocycles. The van der Waals surface area contributed by atoms with Crippen molar-refractivity contribution in [2.24, 2.45) is 5.41 Å². The lowest BCUT2D eigenvalue weighted by atomic mass is 9.74. The first kappa shape index (κ1) is 19.0. The number of hydrogen-bond acceptors (Lipinski definition) is 3. The third kappa shape index (κ3) is 3.64. The lowest BCUT2D eigenvalue weighted by molar-refractivity contribution is 0.0716. The molecule has 2 heterocycles. The lowest BCUT2D eigenvalue weighted by Crippen LogP contribution is -2.41. The Kier molecular flexibility index (Phi) is 5.38. The van der Waals surface area contributed by atoms with Crippen LogP contribution in [0.15, 0.2) is 48.7 Å². The molecule has 146 valence electrons. The number of nitrogens with zero attached hydrogens (tertiary/aromatic N) is 2. The van der Waals surface area contributed by atoms with Gasteiger partial charge in [-0.05, 0) is 37.1 Å². The molecule has 1 amide bonds. The third-order valence-electron chi connectivity index (χ3n) is 5.72. The number of rotatable bonds is 5. The Morgan fingerprint density at radius 3 is 2.75 bits per heavy atom. The normalized spacial score (nSPS) is 16.2. The zero-order chi connectivity index (χ0) is 19.6. The van der Waals surface area contributed by atoms with E-state index in [0.717, 1.165) is 36.8 Å². The van der Waals surface area contributed by atoms with E-state index in [1.54, 1.807) is 0 Å². The Morgan fingerprint density at radius 1 is 1.18 bits per heavy atom. The highest BCUT2D eigenvalue weighted by Gasteiger charge is 2.32. The zero-order valence-corrected chi connectivity index (χ0v) is 16.5. The van der Waals surface area contributed by atoms with Crippen LogP contribution in [-0.4, -0.2) is 33.6 Å². The highest BCUT2D eigenvalue weighted by Crippen LogP contribution is 2.35. The predicted molar refractivity (Wildman–Crippen MR) is 111 cm³/mol. The molecule has 1 fully saturated rings. The second-order valence-corrected chi connectivity index (χ2v) is 8.09. The number of aliphatic hydroxyl groups is 1. The molecule has 1 aliphatic rings. The van der Waals surface area contributed by atoms with Crippen LogP contribution < -0.4 is 5.32 Å². The molecule has 1 aromatic carbocycles. The molecule has 1 saturated carbocycles. The number of halogens is 1. The van der Waals surface area contributed by atoms with Gasteiger partial charge in [-0.2, -0.15) is 0 Å². The first-order valence-electron chi connectivity index (χ1n) is 9.74. The van der Waals surface area contributed by atoms with Crippen LogP contribution in [0.4, 0.5) is 0 Å². The number of aliphatic hydroxyl groups excluding tert-OH is 1. The van der Waals surface area contributed by atoms with Gasteiger partial charge in [0.1, 0.15) is 5.82 Å². The van der Waals surface area contributed by atoms with Gasteiger partial charge in [0.2, 0.25) is 0 Å². The summed E-state index contributed by atoms with van der Waals surface area (Å²) in [5.74, 6) is 0.466. The Morgan fingerprint density at radius 2 is 2.00 bits per heavy atom. The van der Waals surface area contributed by atoms with E-state index in [2.05, 4.69) is 10.3 Å². The van der Waals surface area contributed by atoms with E-state index in [0.29, 0.717) is 23.1 Å². The number of fused-ring (bicyclic) bond motifs is 1. The summed E-state index contributed by atoms with van der Waals surface area (Å²) >= 11 is 6.14. The summed E-state index contributed by atoms with van der Waals surface area (Å²) in [4.78, 5) is 17.6. The second-order valence-electron chi connectivity index (χ2n) is 7.65. The maximum Gasteiger partial charge on any atom is 0.272 e. The summed E-state index contributed by atoms with van der Waals surface area (Å²) < 4.78 is 1.91. The molecule has 0 aliphatic heterocycles. The highest BCUT2D eigenvalue weighted by atomic mass is 35.5. The number of nitrogens with one attached hydrogen (secondary N) is 1. The molecule has 28 heavy (non-hydrogen) atoms. The average Bonchev–Trinajstić information content (AvgIpc) is 3.13. The maximum atomic E-state index is 13.0. The number of hydrogen-bond donors (Lipinski definition) is 2. The molecule has 0 spiro atoms. The van der Waals surface area contributed by atoms with Gasteiger partial charge in [0.05, 0.1) is 12.1 Å². The second kappa shape index (κ2) is 7.94. The summed E-state index contributed by atoms with van der Waals surface area (Å²) in [7, 11) is 0. The summed E-state index contributed by atoms with van der Waals surface area (Å²) in [6.07, 6.45) is 7.19. The Bertz CT molecular complexity index is 992. The first-order chi connectivity index (χ1) is 13.6. The van der Waals surface area contributed by atoms with E-state index in [1.165, 1.54) is 6.42 Å². The minimum absolute atomic E-state index is 0.102. The monoisotopic (exact) mass is 397 g/mol. The average molecular weight is 398 g/mol. The molecule has 0 unspecified atom stereocenters. The summed E-state index contributed by atoms with van der Waals surface area (Å²) in [6.45, 7) is 0.575. The van der Waals surface area contributed by atoms with Crippen molar-refractivity contribution in [2.75, 3.05) is 13.2 Å².